The monoisotopic (exact) mass is 414 g/mol. The number of nitrogens with zero attached hydrogens (tertiary/aromatic N) is 1. The molecular formula is C19H21F3N2O3S. The maximum absolute atomic E-state index is 13.0. The summed E-state index contributed by atoms with van der Waals surface area (Å²) in [6, 6.07) is 8.00. The summed E-state index contributed by atoms with van der Waals surface area (Å²) in [5.74, 6) is -0.653. The van der Waals surface area contributed by atoms with E-state index in [1.54, 1.807) is 26.0 Å². The quantitative estimate of drug-likeness (QED) is 0.801. The van der Waals surface area contributed by atoms with E-state index in [0.29, 0.717) is 16.1 Å². The van der Waals surface area contributed by atoms with Crippen molar-refractivity contribution in [3.05, 3.63) is 59.2 Å². The first kappa shape index (κ1) is 21.7. The third-order valence-corrected chi connectivity index (χ3v) is 5.49. The molecule has 2 aromatic rings. The van der Waals surface area contributed by atoms with Crippen molar-refractivity contribution in [3.8, 4) is 0 Å². The molecule has 1 N–H and O–H groups in total. The van der Waals surface area contributed by atoms with Gasteiger partial charge in [0.15, 0.2) is 0 Å². The van der Waals surface area contributed by atoms with Gasteiger partial charge in [0.25, 0.3) is 0 Å². The standard InChI is InChI=1S/C19H21F3N2O3S/c1-12-7-5-8-13(2)17(12)23-18(25)14(3)24(28(4,26)27)16-10-6-9-15(11-16)19(20,21)22/h5-11,14H,1-4H3,(H,23,25)/t14-/m1/s1. The van der Waals surface area contributed by atoms with E-state index in [4.69, 9.17) is 0 Å². The number of carbonyl (C=O) groups excluding carboxylic acids is 1. The maximum atomic E-state index is 13.0. The fourth-order valence-corrected chi connectivity index (χ4v) is 4.03. The van der Waals surface area contributed by atoms with E-state index in [0.717, 1.165) is 29.5 Å². The first-order chi connectivity index (χ1) is 12.8. The lowest BCUT2D eigenvalue weighted by atomic mass is 10.1. The fourth-order valence-electron chi connectivity index (χ4n) is 2.87. The predicted molar refractivity (Wildman–Crippen MR) is 103 cm³/mol. The summed E-state index contributed by atoms with van der Waals surface area (Å²) in [6.45, 7) is 4.90. The number of alkyl halides is 3. The van der Waals surface area contributed by atoms with Crippen LogP contribution in [0.3, 0.4) is 0 Å². The average Bonchev–Trinajstić information content (AvgIpc) is 2.56. The zero-order chi connectivity index (χ0) is 21.3. The highest BCUT2D eigenvalue weighted by Gasteiger charge is 2.34. The van der Waals surface area contributed by atoms with Crippen LogP contribution in [0.4, 0.5) is 24.5 Å². The van der Waals surface area contributed by atoms with Crippen LogP contribution in [0.15, 0.2) is 42.5 Å². The van der Waals surface area contributed by atoms with E-state index in [9.17, 15) is 26.4 Å². The van der Waals surface area contributed by atoms with Crippen LogP contribution < -0.4 is 9.62 Å². The van der Waals surface area contributed by atoms with Crippen molar-refractivity contribution < 1.29 is 26.4 Å². The number of halogens is 3. The molecule has 0 bridgehead atoms. The van der Waals surface area contributed by atoms with E-state index >= 15 is 0 Å². The molecule has 0 saturated carbocycles. The molecule has 1 amide bonds. The second-order valence-electron chi connectivity index (χ2n) is 6.54. The molecule has 1 atom stereocenters. The number of nitrogens with one attached hydrogen (secondary N) is 1. The van der Waals surface area contributed by atoms with Crippen LogP contribution >= 0.6 is 0 Å². The zero-order valence-corrected chi connectivity index (χ0v) is 16.6. The Morgan fingerprint density at radius 2 is 1.61 bits per heavy atom. The van der Waals surface area contributed by atoms with Crippen LogP contribution in [-0.2, 0) is 21.0 Å². The Labute approximate surface area is 162 Å². The van der Waals surface area contributed by atoms with Crippen LogP contribution in [0, 0.1) is 13.8 Å². The second kappa shape index (κ2) is 7.83. The van der Waals surface area contributed by atoms with Crippen molar-refractivity contribution in [2.45, 2.75) is 33.0 Å². The summed E-state index contributed by atoms with van der Waals surface area (Å²) in [7, 11) is -4.03. The van der Waals surface area contributed by atoms with Crippen molar-refractivity contribution in [2.24, 2.45) is 0 Å². The highest BCUT2D eigenvalue weighted by Crippen LogP contribution is 2.33. The van der Waals surface area contributed by atoms with Gasteiger partial charge in [-0.1, -0.05) is 24.3 Å². The molecule has 9 heteroatoms. The van der Waals surface area contributed by atoms with Gasteiger partial charge in [-0.05, 0) is 50.1 Å². The summed E-state index contributed by atoms with van der Waals surface area (Å²) >= 11 is 0. The van der Waals surface area contributed by atoms with Crippen molar-refractivity contribution in [2.75, 3.05) is 15.9 Å². The van der Waals surface area contributed by atoms with Gasteiger partial charge >= 0.3 is 6.18 Å². The Bertz CT molecular complexity index is 968. The van der Waals surface area contributed by atoms with Crippen molar-refractivity contribution >= 4 is 27.3 Å². The highest BCUT2D eigenvalue weighted by molar-refractivity contribution is 7.92. The zero-order valence-electron chi connectivity index (χ0n) is 15.8. The highest BCUT2D eigenvalue weighted by atomic mass is 32.2. The Morgan fingerprint density at radius 1 is 1.07 bits per heavy atom. The lowest BCUT2D eigenvalue weighted by Crippen LogP contribution is -2.45. The molecule has 5 nitrogen and oxygen atoms in total. The summed E-state index contributed by atoms with van der Waals surface area (Å²) in [5, 5.41) is 2.68. The number of hydrogen-bond donors (Lipinski definition) is 1. The van der Waals surface area contributed by atoms with Gasteiger partial charge in [-0.15, -0.1) is 0 Å². The third kappa shape index (κ3) is 4.83. The lowest BCUT2D eigenvalue weighted by Gasteiger charge is -2.29. The summed E-state index contributed by atoms with van der Waals surface area (Å²) in [6.07, 6.45) is -3.79. The number of sulfonamides is 1. The molecule has 0 unspecified atom stereocenters. The van der Waals surface area contributed by atoms with E-state index in [2.05, 4.69) is 5.32 Å². The van der Waals surface area contributed by atoms with Crippen LogP contribution in [0.1, 0.15) is 23.6 Å². The summed E-state index contributed by atoms with van der Waals surface area (Å²) in [4.78, 5) is 12.7. The molecule has 0 spiro atoms. The van der Waals surface area contributed by atoms with E-state index in [-0.39, 0.29) is 5.69 Å². The van der Waals surface area contributed by atoms with E-state index in [1.807, 2.05) is 6.07 Å². The van der Waals surface area contributed by atoms with Gasteiger partial charge in [-0.3, -0.25) is 9.10 Å². The number of rotatable bonds is 5. The molecular weight excluding hydrogens is 393 g/mol. The van der Waals surface area contributed by atoms with Gasteiger partial charge in [0.1, 0.15) is 6.04 Å². The Morgan fingerprint density at radius 3 is 2.11 bits per heavy atom. The van der Waals surface area contributed by atoms with Crippen molar-refractivity contribution in [1.82, 2.24) is 0 Å². The number of para-hydroxylation sites is 1. The lowest BCUT2D eigenvalue weighted by molar-refractivity contribution is -0.137. The molecule has 28 heavy (non-hydrogen) atoms. The van der Waals surface area contributed by atoms with E-state index < -0.39 is 33.7 Å². The minimum atomic E-state index is -4.64. The Kier molecular flexibility index (Phi) is 6.08. The minimum Gasteiger partial charge on any atom is -0.324 e. The molecule has 0 radical (unpaired) electrons. The average molecular weight is 414 g/mol. The number of hydrogen-bond acceptors (Lipinski definition) is 3. The smallest absolute Gasteiger partial charge is 0.324 e. The van der Waals surface area contributed by atoms with Gasteiger partial charge in [-0.25, -0.2) is 8.42 Å². The van der Waals surface area contributed by atoms with Crippen molar-refractivity contribution in [1.29, 1.82) is 0 Å². The van der Waals surface area contributed by atoms with Crippen LogP contribution in [0.2, 0.25) is 0 Å². The SMILES string of the molecule is Cc1cccc(C)c1NC(=O)[C@@H](C)N(c1cccc(C(F)(F)F)c1)S(C)(=O)=O. The minimum absolute atomic E-state index is 0.235. The molecule has 2 rings (SSSR count). The summed E-state index contributed by atoms with van der Waals surface area (Å²) < 4.78 is 64.3. The molecule has 0 fully saturated rings. The summed E-state index contributed by atoms with van der Waals surface area (Å²) in [5.41, 5.74) is 0.871. The molecule has 152 valence electrons. The second-order valence-corrected chi connectivity index (χ2v) is 8.40. The fraction of sp³-hybridized carbons (Fsp3) is 0.316. The molecule has 0 aliphatic heterocycles. The van der Waals surface area contributed by atoms with Crippen molar-refractivity contribution in [3.63, 3.8) is 0 Å². The van der Waals surface area contributed by atoms with Crippen LogP contribution in [0.25, 0.3) is 0 Å². The number of aryl methyl sites for hydroxylation is 2. The first-order valence-corrected chi connectivity index (χ1v) is 10.2. The molecule has 0 aliphatic carbocycles. The maximum Gasteiger partial charge on any atom is 0.416 e. The molecule has 0 saturated heterocycles. The Hall–Kier alpha value is -2.55. The number of benzene rings is 2. The van der Waals surface area contributed by atoms with E-state index in [1.165, 1.54) is 13.0 Å². The van der Waals surface area contributed by atoms with Gasteiger partial charge in [0.05, 0.1) is 17.5 Å². The van der Waals surface area contributed by atoms with Crippen LogP contribution in [-0.4, -0.2) is 26.6 Å². The molecule has 0 heterocycles. The molecule has 2 aromatic carbocycles. The topological polar surface area (TPSA) is 66.5 Å². The number of carbonyl (C=O) groups is 1. The van der Waals surface area contributed by atoms with Gasteiger partial charge in [-0.2, -0.15) is 13.2 Å². The number of amides is 1. The molecule has 0 aromatic heterocycles. The van der Waals surface area contributed by atoms with Gasteiger partial charge in [0, 0.05) is 5.69 Å². The van der Waals surface area contributed by atoms with Gasteiger partial charge < -0.3 is 5.32 Å². The predicted octanol–water partition coefficient (Wildman–Crippen LogP) is 4.12. The third-order valence-electron chi connectivity index (χ3n) is 4.25. The van der Waals surface area contributed by atoms with Crippen LogP contribution in [0.5, 0.6) is 0 Å². The Balaban J connectivity index is 2.43. The normalized spacial score (nSPS) is 13.1. The first-order valence-electron chi connectivity index (χ1n) is 8.36. The van der Waals surface area contributed by atoms with Gasteiger partial charge in [0.2, 0.25) is 15.9 Å². The largest absolute Gasteiger partial charge is 0.416 e. The number of anilines is 2. The molecule has 0 aliphatic rings.